The van der Waals surface area contributed by atoms with Crippen molar-refractivity contribution in [2.24, 2.45) is 5.10 Å². The predicted molar refractivity (Wildman–Crippen MR) is 137 cm³/mol. The van der Waals surface area contributed by atoms with Gasteiger partial charge >= 0.3 is 0 Å². The summed E-state index contributed by atoms with van der Waals surface area (Å²) >= 11 is 0. The van der Waals surface area contributed by atoms with Crippen LogP contribution >= 0.6 is 0 Å². The van der Waals surface area contributed by atoms with Gasteiger partial charge in [-0.2, -0.15) is 9.78 Å². The first kappa shape index (κ1) is 22.5. The summed E-state index contributed by atoms with van der Waals surface area (Å²) in [4.78, 5) is 9.32. The Morgan fingerprint density at radius 2 is 1.63 bits per heavy atom. The number of nitrogens with zero attached hydrogens (tertiary/aromatic N) is 4. The van der Waals surface area contributed by atoms with Crippen LogP contribution in [0.25, 0.3) is 22.2 Å². The first-order valence-electron chi connectivity index (χ1n) is 10.9. The quantitative estimate of drug-likeness (QED) is 0.367. The van der Waals surface area contributed by atoms with Crippen molar-refractivity contribution in [3.05, 3.63) is 83.4 Å². The van der Waals surface area contributed by atoms with E-state index in [4.69, 9.17) is 10.5 Å². The van der Waals surface area contributed by atoms with E-state index in [1.807, 2.05) is 44.2 Å². The van der Waals surface area contributed by atoms with Crippen LogP contribution in [0.1, 0.15) is 16.7 Å². The summed E-state index contributed by atoms with van der Waals surface area (Å²) in [6.07, 6.45) is 1.55. The number of fused-ring (bicyclic) bond motifs is 2. The average molecular weight is 486 g/mol. The monoisotopic (exact) mass is 485 g/mol. The SMILES string of the molecule is COc1ccccc1/C=N\n1c(N)c(S(=O)(=O)c2ccc(C)c(C)c2)c2nc3ccccc3nc21. The molecule has 0 spiro atoms. The van der Waals surface area contributed by atoms with Crippen LogP contribution in [0.15, 0.2) is 81.6 Å². The predicted octanol–water partition coefficient (Wildman–Crippen LogP) is 4.51. The lowest BCUT2D eigenvalue weighted by Crippen LogP contribution is -2.07. The summed E-state index contributed by atoms with van der Waals surface area (Å²) in [5.41, 5.74) is 10.6. The summed E-state index contributed by atoms with van der Waals surface area (Å²) in [6, 6.07) is 19.6. The summed E-state index contributed by atoms with van der Waals surface area (Å²) < 4.78 is 34.4. The molecule has 3 aromatic carbocycles. The molecule has 5 aromatic rings. The highest BCUT2D eigenvalue weighted by Gasteiger charge is 2.30. The number of anilines is 1. The van der Waals surface area contributed by atoms with Gasteiger partial charge in [-0.3, -0.25) is 0 Å². The van der Waals surface area contributed by atoms with Crippen LogP contribution < -0.4 is 10.5 Å². The number of para-hydroxylation sites is 3. The maximum Gasteiger partial charge on any atom is 0.212 e. The Labute approximate surface area is 202 Å². The minimum atomic E-state index is -4.03. The lowest BCUT2D eigenvalue weighted by Gasteiger charge is -2.07. The smallest absolute Gasteiger partial charge is 0.212 e. The second-order valence-electron chi connectivity index (χ2n) is 8.15. The first-order valence-corrected chi connectivity index (χ1v) is 12.4. The summed E-state index contributed by atoms with van der Waals surface area (Å²) in [5.74, 6) is 0.547. The zero-order valence-electron chi connectivity index (χ0n) is 19.4. The van der Waals surface area contributed by atoms with Gasteiger partial charge in [-0.05, 0) is 61.4 Å². The van der Waals surface area contributed by atoms with Crippen LogP contribution in [-0.4, -0.2) is 36.4 Å². The second kappa shape index (κ2) is 8.52. The third-order valence-electron chi connectivity index (χ3n) is 5.94. The number of sulfone groups is 1. The lowest BCUT2D eigenvalue weighted by atomic mass is 10.1. The molecule has 2 heterocycles. The van der Waals surface area contributed by atoms with Crippen LogP contribution in [-0.2, 0) is 9.84 Å². The molecule has 5 rings (SSSR count). The van der Waals surface area contributed by atoms with E-state index in [1.54, 1.807) is 49.7 Å². The zero-order valence-corrected chi connectivity index (χ0v) is 20.2. The molecule has 0 fully saturated rings. The van der Waals surface area contributed by atoms with Gasteiger partial charge in [0.15, 0.2) is 5.65 Å². The Morgan fingerprint density at radius 3 is 2.34 bits per heavy atom. The standard InChI is InChI=1S/C26H23N5O3S/c1-16-12-13-19(14-17(16)2)35(32,33)24-23-26(30-21-10-6-5-9-20(21)29-23)31(25(24)27)28-15-18-8-4-7-11-22(18)34-3/h4-15H,27H2,1-3H3/b28-15-. The highest BCUT2D eigenvalue weighted by Crippen LogP contribution is 2.35. The Morgan fingerprint density at radius 1 is 0.943 bits per heavy atom. The normalized spacial score (nSPS) is 12.1. The number of hydrogen-bond donors (Lipinski definition) is 1. The van der Waals surface area contributed by atoms with Crippen molar-refractivity contribution in [3.63, 3.8) is 0 Å². The van der Waals surface area contributed by atoms with Crippen LogP contribution in [0.3, 0.4) is 0 Å². The summed E-state index contributed by atoms with van der Waals surface area (Å²) in [7, 11) is -2.46. The van der Waals surface area contributed by atoms with Crippen molar-refractivity contribution < 1.29 is 13.2 Å². The molecule has 0 aliphatic heterocycles. The van der Waals surface area contributed by atoms with E-state index in [2.05, 4.69) is 15.1 Å². The number of rotatable bonds is 5. The molecule has 0 bridgehead atoms. The molecule has 0 amide bonds. The van der Waals surface area contributed by atoms with Gasteiger partial charge in [0.25, 0.3) is 0 Å². The van der Waals surface area contributed by atoms with Gasteiger partial charge in [-0.25, -0.2) is 18.4 Å². The molecule has 0 aliphatic rings. The van der Waals surface area contributed by atoms with Gasteiger partial charge in [0.1, 0.15) is 22.0 Å². The molecular weight excluding hydrogens is 462 g/mol. The van der Waals surface area contributed by atoms with Gasteiger partial charge in [-0.1, -0.05) is 30.3 Å². The molecular formula is C26H23N5O3S. The molecule has 0 unspecified atom stereocenters. The van der Waals surface area contributed by atoms with Crippen molar-refractivity contribution in [1.82, 2.24) is 14.6 Å². The molecule has 0 radical (unpaired) electrons. The second-order valence-corrected chi connectivity index (χ2v) is 10.0. The van der Waals surface area contributed by atoms with E-state index in [0.717, 1.165) is 11.1 Å². The largest absolute Gasteiger partial charge is 0.496 e. The maximum absolute atomic E-state index is 13.8. The van der Waals surface area contributed by atoms with E-state index in [0.29, 0.717) is 22.3 Å². The third kappa shape index (κ3) is 3.79. The molecule has 176 valence electrons. The highest BCUT2D eigenvalue weighted by molar-refractivity contribution is 7.92. The average Bonchev–Trinajstić information content (AvgIpc) is 3.13. The number of nitrogen functional groups attached to an aromatic ring is 1. The first-order chi connectivity index (χ1) is 16.8. The molecule has 2 N–H and O–H groups in total. The molecule has 0 saturated heterocycles. The number of aryl methyl sites for hydroxylation is 2. The molecule has 9 heteroatoms. The lowest BCUT2D eigenvalue weighted by molar-refractivity contribution is 0.414. The van der Waals surface area contributed by atoms with Crippen molar-refractivity contribution in [2.75, 3.05) is 12.8 Å². The Balaban J connectivity index is 1.80. The van der Waals surface area contributed by atoms with Crippen LogP contribution in [0, 0.1) is 13.8 Å². The molecule has 8 nitrogen and oxygen atoms in total. The van der Waals surface area contributed by atoms with E-state index in [1.165, 1.54) is 4.68 Å². The number of methoxy groups -OCH3 is 1. The Hall–Kier alpha value is -4.24. The molecule has 0 atom stereocenters. The fourth-order valence-corrected chi connectivity index (χ4v) is 5.46. The van der Waals surface area contributed by atoms with Gasteiger partial charge in [0.2, 0.25) is 9.84 Å². The number of aromatic nitrogens is 3. The number of hydrogen-bond acceptors (Lipinski definition) is 7. The van der Waals surface area contributed by atoms with Crippen molar-refractivity contribution >= 4 is 44.1 Å². The van der Waals surface area contributed by atoms with Crippen molar-refractivity contribution in [1.29, 1.82) is 0 Å². The number of benzene rings is 3. The molecule has 35 heavy (non-hydrogen) atoms. The summed E-state index contributed by atoms with van der Waals surface area (Å²) in [6.45, 7) is 3.79. The topological polar surface area (TPSA) is 112 Å². The van der Waals surface area contributed by atoms with E-state index >= 15 is 0 Å². The fourth-order valence-electron chi connectivity index (χ4n) is 3.90. The van der Waals surface area contributed by atoms with Crippen molar-refractivity contribution in [3.8, 4) is 5.75 Å². The minimum absolute atomic E-state index is 0.0697. The Bertz CT molecular complexity index is 1740. The molecule has 2 aromatic heterocycles. The van der Waals surface area contributed by atoms with Crippen molar-refractivity contribution in [2.45, 2.75) is 23.6 Å². The van der Waals surface area contributed by atoms with E-state index in [9.17, 15) is 8.42 Å². The van der Waals surface area contributed by atoms with Gasteiger partial charge in [-0.15, -0.1) is 0 Å². The molecule has 0 aliphatic carbocycles. The fraction of sp³-hybridized carbons (Fsp3) is 0.115. The van der Waals surface area contributed by atoms with E-state index < -0.39 is 9.84 Å². The Kier molecular flexibility index (Phi) is 5.49. The number of nitrogens with two attached hydrogens (primary N) is 1. The van der Waals surface area contributed by atoms with Crippen LogP contribution in [0.5, 0.6) is 5.75 Å². The van der Waals surface area contributed by atoms with Gasteiger partial charge in [0, 0.05) is 5.56 Å². The number of ether oxygens (including phenoxy) is 1. The maximum atomic E-state index is 13.8. The zero-order chi connectivity index (χ0) is 24.7. The minimum Gasteiger partial charge on any atom is -0.496 e. The van der Waals surface area contributed by atoms with Gasteiger partial charge in [0.05, 0.1) is 29.3 Å². The molecule has 0 saturated carbocycles. The summed E-state index contributed by atoms with van der Waals surface area (Å²) in [5, 5.41) is 4.50. The third-order valence-corrected chi connectivity index (χ3v) is 7.75. The highest BCUT2D eigenvalue weighted by atomic mass is 32.2. The van der Waals surface area contributed by atoms with Crippen LogP contribution in [0.2, 0.25) is 0 Å². The van der Waals surface area contributed by atoms with Crippen LogP contribution in [0.4, 0.5) is 5.82 Å². The van der Waals surface area contributed by atoms with E-state index in [-0.39, 0.29) is 26.8 Å². The van der Waals surface area contributed by atoms with Gasteiger partial charge < -0.3 is 10.5 Å².